The molecule has 3 rings (SSSR count). The molecule has 1 N–H and O–H groups in total. The average molecular weight is 334 g/mol. The van der Waals surface area contributed by atoms with E-state index in [4.69, 9.17) is 11.2 Å². The van der Waals surface area contributed by atoms with Crippen molar-refractivity contribution in [3.8, 4) is 12.3 Å². The molecule has 2 aromatic carbocycles. The monoisotopic (exact) mass is 334 g/mol. The number of hydrogen-bond donors (Lipinski definition) is 1. The third kappa shape index (κ3) is 4.54. The van der Waals surface area contributed by atoms with E-state index in [2.05, 4.69) is 16.1 Å². The number of nitrogens with zero attached hydrogens (tertiary/aromatic N) is 1. The zero-order valence-corrected chi connectivity index (χ0v) is 14.2. The van der Waals surface area contributed by atoms with Crippen molar-refractivity contribution in [2.75, 3.05) is 23.3 Å². The van der Waals surface area contributed by atoms with Crippen LogP contribution in [0.3, 0.4) is 0 Å². The highest BCUT2D eigenvalue weighted by Gasteiger charge is 2.20. The smallest absolute Gasteiger partial charge is 0.412 e. The van der Waals surface area contributed by atoms with E-state index in [9.17, 15) is 4.79 Å². The first-order valence-electron chi connectivity index (χ1n) is 8.54. The van der Waals surface area contributed by atoms with Crippen molar-refractivity contribution < 1.29 is 9.53 Å². The van der Waals surface area contributed by atoms with Crippen LogP contribution in [0.25, 0.3) is 0 Å². The normalized spacial score (nSPS) is 14.6. The van der Waals surface area contributed by atoms with Gasteiger partial charge in [-0.3, -0.25) is 5.32 Å². The Morgan fingerprint density at radius 2 is 1.80 bits per heavy atom. The number of rotatable bonds is 4. The Balaban J connectivity index is 1.61. The standard InChI is InChI=1S/C21H22N2O2/c1-2-17-12-14-23(15-13-17)20-11-7-6-10-19(20)22-21(24)25-16-18-8-4-3-5-9-18/h1,3-11,17H,12-16H2,(H,22,24). The molecule has 0 radical (unpaired) electrons. The van der Waals surface area contributed by atoms with Crippen LogP contribution in [0.2, 0.25) is 0 Å². The Morgan fingerprint density at radius 3 is 2.52 bits per heavy atom. The molecule has 2 aromatic rings. The highest BCUT2D eigenvalue weighted by atomic mass is 16.5. The molecule has 1 saturated heterocycles. The lowest BCUT2D eigenvalue weighted by Gasteiger charge is -2.32. The van der Waals surface area contributed by atoms with Crippen LogP contribution in [0.5, 0.6) is 0 Å². The van der Waals surface area contributed by atoms with Crippen LogP contribution in [-0.4, -0.2) is 19.2 Å². The van der Waals surface area contributed by atoms with Gasteiger partial charge in [-0.25, -0.2) is 4.79 Å². The Hall–Kier alpha value is -2.93. The fourth-order valence-electron chi connectivity index (χ4n) is 3.01. The van der Waals surface area contributed by atoms with Crippen LogP contribution in [0, 0.1) is 18.3 Å². The summed E-state index contributed by atoms with van der Waals surface area (Å²) in [5.41, 5.74) is 2.73. The zero-order valence-electron chi connectivity index (χ0n) is 14.2. The molecule has 1 aliphatic heterocycles. The Labute approximate surface area is 148 Å². The minimum Gasteiger partial charge on any atom is -0.444 e. The van der Waals surface area contributed by atoms with Gasteiger partial charge in [0.1, 0.15) is 6.61 Å². The summed E-state index contributed by atoms with van der Waals surface area (Å²) in [6.45, 7) is 2.04. The Kier molecular flexibility index (Phi) is 5.58. The number of hydrogen-bond acceptors (Lipinski definition) is 3. The van der Waals surface area contributed by atoms with Gasteiger partial charge in [-0.15, -0.1) is 12.3 Å². The van der Waals surface area contributed by atoms with Crippen LogP contribution >= 0.6 is 0 Å². The molecular weight excluding hydrogens is 312 g/mol. The topological polar surface area (TPSA) is 41.6 Å². The first-order valence-corrected chi connectivity index (χ1v) is 8.54. The van der Waals surface area contributed by atoms with Crippen molar-refractivity contribution in [2.45, 2.75) is 19.4 Å². The van der Waals surface area contributed by atoms with E-state index < -0.39 is 6.09 Å². The number of ether oxygens (including phenoxy) is 1. The molecule has 0 atom stereocenters. The second kappa shape index (κ2) is 8.25. The molecule has 0 aromatic heterocycles. The molecular formula is C21H22N2O2. The number of amides is 1. The molecule has 4 heteroatoms. The Bertz CT molecular complexity index is 744. The van der Waals surface area contributed by atoms with Crippen molar-refractivity contribution in [1.82, 2.24) is 0 Å². The molecule has 1 fully saturated rings. The summed E-state index contributed by atoms with van der Waals surface area (Å²) in [6, 6.07) is 17.4. The molecule has 0 bridgehead atoms. The predicted molar refractivity (Wildman–Crippen MR) is 100 cm³/mol. The summed E-state index contributed by atoms with van der Waals surface area (Å²) in [5, 5.41) is 2.86. The summed E-state index contributed by atoms with van der Waals surface area (Å²) in [6.07, 6.45) is 7.02. The van der Waals surface area contributed by atoms with Gasteiger partial charge in [-0.1, -0.05) is 42.5 Å². The predicted octanol–water partition coefficient (Wildman–Crippen LogP) is 4.28. The molecule has 1 heterocycles. The van der Waals surface area contributed by atoms with Gasteiger partial charge >= 0.3 is 6.09 Å². The number of terminal acetylenes is 1. The van der Waals surface area contributed by atoms with E-state index in [1.807, 2.05) is 54.6 Å². The van der Waals surface area contributed by atoms with E-state index >= 15 is 0 Å². The third-order valence-corrected chi connectivity index (χ3v) is 4.42. The molecule has 128 valence electrons. The molecule has 4 nitrogen and oxygen atoms in total. The molecule has 0 unspecified atom stereocenters. The van der Waals surface area contributed by atoms with Crippen molar-refractivity contribution in [1.29, 1.82) is 0 Å². The highest BCUT2D eigenvalue weighted by Crippen LogP contribution is 2.29. The van der Waals surface area contributed by atoms with Crippen molar-refractivity contribution in [3.05, 3.63) is 60.2 Å². The van der Waals surface area contributed by atoms with Crippen LogP contribution in [0.15, 0.2) is 54.6 Å². The van der Waals surface area contributed by atoms with Gasteiger partial charge in [-0.2, -0.15) is 0 Å². The lowest BCUT2D eigenvalue weighted by molar-refractivity contribution is 0.155. The van der Waals surface area contributed by atoms with E-state index in [1.54, 1.807) is 0 Å². The fourth-order valence-corrected chi connectivity index (χ4v) is 3.01. The number of carbonyl (C=O) groups excluding carboxylic acids is 1. The summed E-state index contributed by atoms with van der Waals surface area (Å²) in [7, 11) is 0. The fraction of sp³-hybridized carbons (Fsp3) is 0.286. The van der Waals surface area contributed by atoms with Crippen molar-refractivity contribution in [2.24, 2.45) is 5.92 Å². The molecule has 0 spiro atoms. The number of benzene rings is 2. The van der Waals surface area contributed by atoms with Crippen molar-refractivity contribution in [3.63, 3.8) is 0 Å². The van der Waals surface area contributed by atoms with Gasteiger partial charge in [0.2, 0.25) is 0 Å². The quantitative estimate of drug-likeness (QED) is 0.848. The van der Waals surface area contributed by atoms with Crippen LogP contribution in [-0.2, 0) is 11.3 Å². The number of carbonyl (C=O) groups is 1. The Morgan fingerprint density at radius 1 is 1.12 bits per heavy atom. The number of para-hydroxylation sites is 2. The molecule has 1 amide bonds. The van der Waals surface area contributed by atoms with Gasteiger partial charge in [0.05, 0.1) is 11.4 Å². The average Bonchev–Trinajstić information content (AvgIpc) is 2.68. The maximum absolute atomic E-state index is 12.1. The minimum absolute atomic E-state index is 0.252. The first kappa shape index (κ1) is 16.9. The lowest BCUT2D eigenvalue weighted by Crippen LogP contribution is -2.34. The summed E-state index contributed by atoms with van der Waals surface area (Å²) >= 11 is 0. The van der Waals surface area contributed by atoms with E-state index in [1.165, 1.54) is 0 Å². The van der Waals surface area contributed by atoms with Crippen LogP contribution < -0.4 is 10.2 Å². The van der Waals surface area contributed by atoms with Crippen molar-refractivity contribution >= 4 is 17.5 Å². The molecule has 1 aliphatic rings. The van der Waals surface area contributed by atoms with E-state index in [0.29, 0.717) is 5.92 Å². The van der Waals surface area contributed by atoms with Gasteiger partial charge in [0.25, 0.3) is 0 Å². The number of anilines is 2. The van der Waals surface area contributed by atoms with Crippen LogP contribution in [0.1, 0.15) is 18.4 Å². The summed E-state index contributed by atoms with van der Waals surface area (Å²) in [4.78, 5) is 14.4. The highest BCUT2D eigenvalue weighted by molar-refractivity contribution is 5.89. The minimum atomic E-state index is -0.449. The van der Waals surface area contributed by atoms with Crippen LogP contribution in [0.4, 0.5) is 16.2 Å². The zero-order chi connectivity index (χ0) is 17.5. The lowest BCUT2D eigenvalue weighted by atomic mass is 9.97. The van der Waals surface area contributed by atoms with Gasteiger partial charge < -0.3 is 9.64 Å². The SMILES string of the molecule is C#CC1CCN(c2ccccc2NC(=O)OCc2ccccc2)CC1. The maximum atomic E-state index is 12.1. The summed E-state index contributed by atoms with van der Waals surface area (Å²) < 4.78 is 5.31. The number of piperidine rings is 1. The molecule has 25 heavy (non-hydrogen) atoms. The largest absolute Gasteiger partial charge is 0.444 e. The second-order valence-electron chi connectivity index (χ2n) is 6.13. The second-order valence-corrected chi connectivity index (χ2v) is 6.13. The van der Waals surface area contributed by atoms with Gasteiger partial charge in [0.15, 0.2) is 0 Å². The van der Waals surface area contributed by atoms with E-state index in [0.717, 1.165) is 42.9 Å². The number of nitrogens with one attached hydrogen (secondary N) is 1. The molecule has 0 saturated carbocycles. The van der Waals surface area contributed by atoms with Gasteiger partial charge in [-0.05, 0) is 30.5 Å². The molecule has 0 aliphatic carbocycles. The van der Waals surface area contributed by atoms with E-state index in [-0.39, 0.29) is 6.61 Å². The third-order valence-electron chi connectivity index (χ3n) is 4.42. The maximum Gasteiger partial charge on any atom is 0.412 e. The summed E-state index contributed by atoms with van der Waals surface area (Å²) in [5.74, 6) is 3.19. The first-order chi connectivity index (χ1) is 12.3. The van der Waals surface area contributed by atoms with Gasteiger partial charge in [0, 0.05) is 19.0 Å².